The Hall–Kier alpha value is -0.900. The van der Waals surface area contributed by atoms with Gasteiger partial charge in [0.25, 0.3) is 0 Å². The molecule has 0 atom stereocenters. The van der Waals surface area contributed by atoms with E-state index in [1.807, 2.05) is 17.8 Å². The molecular weight excluding hydrogens is 242 g/mol. The fourth-order valence-corrected chi connectivity index (χ4v) is 3.59. The van der Waals surface area contributed by atoms with Gasteiger partial charge >= 0.3 is 0 Å². The summed E-state index contributed by atoms with van der Waals surface area (Å²) in [6.45, 7) is 3.06. The number of aromatic nitrogens is 1. The minimum Gasteiger partial charge on any atom is -0.397 e. The molecule has 1 aliphatic carbocycles. The first kappa shape index (κ1) is 13.5. The van der Waals surface area contributed by atoms with Crippen LogP contribution in [0.5, 0.6) is 0 Å². The Kier molecular flexibility index (Phi) is 4.38. The van der Waals surface area contributed by atoms with Gasteiger partial charge < -0.3 is 11.1 Å². The number of aryl methyl sites for hydroxylation is 1. The highest BCUT2D eigenvalue weighted by atomic mass is 32.2. The second-order valence-electron chi connectivity index (χ2n) is 5.24. The molecule has 0 saturated heterocycles. The Morgan fingerprint density at radius 2 is 2.11 bits per heavy atom. The Balaban J connectivity index is 2.01. The number of pyridine rings is 1. The minimum atomic E-state index is 0.397. The lowest BCUT2D eigenvalue weighted by Crippen LogP contribution is -2.35. The molecule has 4 heteroatoms. The molecule has 18 heavy (non-hydrogen) atoms. The van der Waals surface area contributed by atoms with E-state index in [4.69, 9.17) is 5.73 Å². The van der Waals surface area contributed by atoms with E-state index >= 15 is 0 Å². The highest BCUT2D eigenvalue weighted by Crippen LogP contribution is 2.38. The third-order valence-corrected chi connectivity index (χ3v) is 5.29. The maximum atomic E-state index is 5.72. The third kappa shape index (κ3) is 3.10. The second kappa shape index (κ2) is 5.83. The van der Waals surface area contributed by atoms with Crippen LogP contribution in [-0.4, -0.2) is 22.5 Å². The summed E-state index contributed by atoms with van der Waals surface area (Å²) >= 11 is 2.01. The van der Waals surface area contributed by atoms with Gasteiger partial charge in [0, 0.05) is 11.3 Å². The Labute approximate surface area is 114 Å². The molecule has 1 saturated carbocycles. The average molecular weight is 265 g/mol. The van der Waals surface area contributed by atoms with E-state index in [9.17, 15) is 0 Å². The monoisotopic (exact) mass is 265 g/mol. The number of anilines is 2. The Bertz CT molecular complexity index is 400. The second-order valence-corrected chi connectivity index (χ2v) is 6.51. The Morgan fingerprint density at radius 1 is 1.39 bits per heavy atom. The molecule has 1 fully saturated rings. The summed E-state index contributed by atoms with van der Waals surface area (Å²) in [6, 6.07) is 1.97. The van der Waals surface area contributed by atoms with Gasteiger partial charge in [-0.1, -0.05) is 19.3 Å². The lowest BCUT2D eigenvalue weighted by Gasteiger charge is -2.36. The SMILES string of the molecule is CSC1(CNc2ncc(N)cc2C)CCCCC1. The fourth-order valence-electron chi connectivity index (χ4n) is 2.68. The van der Waals surface area contributed by atoms with E-state index in [0.29, 0.717) is 4.75 Å². The highest BCUT2D eigenvalue weighted by Gasteiger charge is 2.30. The first-order valence-corrected chi connectivity index (χ1v) is 7.89. The first-order chi connectivity index (χ1) is 8.65. The number of hydrogen-bond donors (Lipinski definition) is 2. The van der Waals surface area contributed by atoms with Crippen molar-refractivity contribution in [3.63, 3.8) is 0 Å². The molecule has 3 N–H and O–H groups in total. The van der Waals surface area contributed by atoms with Gasteiger partial charge in [-0.25, -0.2) is 4.98 Å². The number of nitrogens with zero attached hydrogens (tertiary/aromatic N) is 1. The number of rotatable bonds is 4. The van der Waals surface area contributed by atoms with Crippen LogP contribution in [-0.2, 0) is 0 Å². The molecule has 0 amide bonds. The van der Waals surface area contributed by atoms with Gasteiger partial charge in [0.15, 0.2) is 0 Å². The summed E-state index contributed by atoms with van der Waals surface area (Å²) in [5.74, 6) is 0.975. The molecule has 0 unspecified atom stereocenters. The summed E-state index contributed by atoms with van der Waals surface area (Å²) in [7, 11) is 0. The molecule has 0 spiro atoms. The lowest BCUT2D eigenvalue weighted by atomic mass is 9.88. The van der Waals surface area contributed by atoms with Crippen LogP contribution in [0.3, 0.4) is 0 Å². The van der Waals surface area contributed by atoms with Crippen LogP contribution >= 0.6 is 11.8 Å². The zero-order chi connectivity index (χ0) is 13.0. The van der Waals surface area contributed by atoms with Crippen molar-refractivity contribution < 1.29 is 0 Å². The van der Waals surface area contributed by atoms with Crippen molar-refractivity contribution in [1.29, 1.82) is 0 Å². The summed E-state index contributed by atoms with van der Waals surface area (Å²) in [5.41, 5.74) is 7.58. The molecule has 1 aromatic heterocycles. The van der Waals surface area contributed by atoms with Crippen LogP contribution in [0.2, 0.25) is 0 Å². The van der Waals surface area contributed by atoms with Crippen molar-refractivity contribution in [2.75, 3.05) is 23.9 Å². The molecule has 3 nitrogen and oxygen atoms in total. The predicted molar refractivity (Wildman–Crippen MR) is 81.2 cm³/mol. The van der Waals surface area contributed by atoms with Crippen LogP contribution in [0.4, 0.5) is 11.5 Å². The molecule has 1 heterocycles. The summed E-state index contributed by atoms with van der Waals surface area (Å²) in [4.78, 5) is 4.38. The molecule has 1 aliphatic rings. The molecule has 0 aromatic carbocycles. The van der Waals surface area contributed by atoms with Crippen LogP contribution < -0.4 is 11.1 Å². The zero-order valence-corrected chi connectivity index (χ0v) is 12.1. The molecule has 0 aliphatic heterocycles. The molecule has 1 aromatic rings. The molecule has 100 valence electrons. The first-order valence-electron chi connectivity index (χ1n) is 6.66. The van der Waals surface area contributed by atoms with Gasteiger partial charge in [0.2, 0.25) is 0 Å². The maximum absolute atomic E-state index is 5.72. The van der Waals surface area contributed by atoms with Gasteiger partial charge in [-0.2, -0.15) is 11.8 Å². The van der Waals surface area contributed by atoms with Gasteiger partial charge in [-0.05, 0) is 37.7 Å². The quantitative estimate of drug-likeness (QED) is 0.875. The van der Waals surface area contributed by atoms with E-state index in [0.717, 1.165) is 23.6 Å². The largest absolute Gasteiger partial charge is 0.397 e. The molecular formula is C14H23N3S. The van der Waals surface area contributed by atoms with Crippen LogP contribution in [0.25, 0.3) is 0 Å². The predicted octanol–water partition coefficient (Wildman–Crippen LogP) is 3.45. The van der Waals surface area contributed by atoms with E-state index in [2.05, 4.69) is 23.5 Å². The van der Waals surface area contributed by atoms with Gasteiger partial charge in [-0.15, -0.1) is 0 Å². The van der Waals surface area contributed by atoms with Crippen molar-refractivity contribution in [2.45, 2.75) is 43.8 Å². The number of nitrogens with two attached hydrogens (primary N) is 1. The molecule has 0 radical (unpaired) electrons. The number of nitrogen functional groups attached to an aromatic ring is 1. The van der Waals surface area contributed by atoms with Crippen molar-refractivity contribution in [3.05, 3.63) is 17.8 Å². The maximum Gasteiger partial charge on any atom is 0.129 e. The van der Waals surface area contributed by atoms with Gasteiger partial charge in [0.1, 0.15) is 5.82 Å². The topological polar surface area (TPSA) is 50.9 Å². The number of thioether (sulfide) groups is 1. The fraction of sp³-hybridized carbons (Fsp3) is 0.643. The van der Waals surface area contributed by atoms with Crippen molar-refractivity contribution >= 4 is 23.3 Å². The summed E-state index contributed by atoms with van der Waals surface area (Å²) in [6.07, 6.45) is 10.7. The van der Waals surface area contributed by atoms with E-state index in [-0.39, 0.29) is 0 Å². The van der Waals surface area contributed by atoms with Crippen LogP contribution in [0.1, 0.15) is 37.7 Å². The standard InChI is InChI=1S/C14H23N3S/c1-11-8-12(15)9-16-13(11)17-10-14(18-2)6-4-3-5-7-14/h8-9H,3-7,10,15H2,1-2H3,(H,16,17). The average Bonchev–Trinajstić information content (AvgIpc) is 2.39. The van der Waals surface area contributed by atoms with Crippen molar-refractivity contribution in [1.82, 2.24) is 4.98 Å². The normalized spacial score (nSPS) is 18.6. The third-order valence-electron chi connectivity index (χ3n) is 3.88. The minimum absolute atomic E-state index is 0.397. The lowest BCUT2D eigenvalue weighted by molar-refractivity contribution is 0.411. The van der Waals surface area contributed by atoms with Gasteiger partial charge in [0.05, 0.1) is 11.9 Å². The van der Waals surface area contributed by atoms with Crippen LogP contribution in [0.15, 0.2) is 12.3 Å². The summed E-state index contributed by atoms with van der Waals surface area (Å²) in [5, 5.41) is 3.51. The molecule has 2 rings (SSSR count). The van der Waals surface area contributed by atoms with E-state index < -0.39 is 0 Å². The van der Waals surface area contributed by atoms with Gasteiger partial charge in [-0.3, -0.25) is 0 Å². The zero-order valence-electron chi connectivity index (χ0n) is 11.3. The summed E-state index contributed by atoms with van der Waals surface area (Å²) < 4.78 is 0.397. The number of hydrogen-bond acceptors (Lipinski definition) is 4. The van der Waals surface area contributed by atoms with Crippen molar-refractivity contribution in [2.24, 2.45) is 0 Å². The smallest absolute Gasteiger partial charge is 0.129 e. The van der Waals surface area contributed by atoms with E-state index in [1.54, 1.807) is 6.20 Å². The number of nitrogens with one attached hydrogen (secondary N) is 1. The highest BCUT2D eigenvalue weighted by molar-refractivity contribution is 8.00. The van der Waals surface area contributed by atoms with Crippen LogP contribution in [0, 0.1) is 6.92 Å². The van der Waals surface area contributed by atoms with Crippen molar-refractivity contribution in [3.8, 4) is 0 Å². The Morgan fingerprint density at radius 3 is 2.72 bits per heavy atom. The molecule has 0 bridgehead atoms. The van der Waals surface area contributed by atoms with E-state index in [1.165, 1.54) is 32.1 Å².